The Morgan fingerprint density at radius 2 is 2.05 bits per heavy atom. The Bertz CT molecular complexity index is 1320. The quantitative estimate of drug-likeness (QED) is 0.341. The first-order valence-electron chi connectivity index (χ1n) is 11.6. The number of furan rings is 1. The third-order valence-electron chi connectivity index (χ3n) is 6.40. The molecule has 15 heteroatoms. The van der Waals surface area contributed by atoms with Crippen molar-refractivity contribution in [2.24, 2.45) is 5.10 Å². The van der Waals surface area contributed by atoms with Gasteiger partial charge in [0.15, 0.2) is 0 Å². The lowest BCUT2D eigenvalue weighted by Crippen LogP contribution is -2.70. The van der Waals surface area contributed by atoms with Crippen LogP contribution in [-0.4, -0.2) is 91.3 Å². The molecule has 0 saturated carbocycles. The summed E-state index contributed by atoms with van der Waals surface area (Å²) in [5, 5.41) is 21.4. The summed E-state index contributed by atoms with van der Waals surface area (Å²) in [5.74, 6) is -1.48. The number of thioether (sulfide) groups is 1. The van der Waals surface area contributed by atoms with E-state index in [0.717, 1.165) is 9.91 Å². The Balaban J connectivity index is 1.16. The molecule has 38 heavy (non-hydrogen) atoms. The summed E-state index contributed by atoms with van der Waals surface area (Å²) in [6.07, 6.45) is 2.76. The highest BCUT2D eigenvalue weighted by molar-refractivity contribution is 8.01. The van der Waals surface area contributed by atoms with Crippen molar-refractivity contribution in [3.8, 4) is 0 Å². The van der Waals surface area contributed by atoms with Crippen LogP contribution in [-0.2, 0) is 20.8 Å². The van der Waals surface area contributed by atoms with E-state index < -0.39 is 52.1 Å². The van der Waals surface area contributed by atoms with Gasteiger partial charge in [-0.1, -0.05) is 0 Å². The van der Waals surface area contributed by atoms with E-state index in [1.165, 1.54) is 40.5 Å². The lowest BCUT2D eigenvalue weighted by atomic mass is 9.96. The molecular weight excluding hydrogens is 536 g/mol. The highest BCUT2D eigenvalue weighted by Gasteiger charge is 2.64. The number of hydrogen-bond donors (Lipinski definition) is 3. The van der Waals surface area contributed by atoms with Crippen molar-refractivity contribution < 1.29 is 33.5 Å². The van der Waals surface area contributed by atoms with Gasteiger partial charge in [0.1, 0.15) is 23.2 Å². The van der Waals surface area contributed by atoms with Crippen molar-refractivity contribution >= 4 is 64.8 Å². The fourth-order valence-corrected chi connectivity index (χ4v) is 7.05. The van der Waals surface area contributed by atoms with Crippen LogP contribution in [0.3, 0.4) is 0 Å². The van der Waals surface area contributed by atoms with Gasteiger partial charge < -0.3 is 25.1 Å². The molecule has 0 spiro atoms. The molecule has 0 aliphatic carbocycles. The van der Waals surface area contributed by atoms with Gasteiger partial charge in [-0.05, 0) is 37.4 Å². The number of carbonyl (C=O) groups excluding carboxylic acids is 4. The zero-order valence-corrected chi connectivity index (χ0v) is 22.0. The minimum Gasteiger partial charge on any atom is -0.480 e. The first-order valence-corrected chi connectivity index (χ1v) is 13.4. The maximum Gasteiger partial charge on any atom is 0.348 e. The Hall–Kier alpha value is -3.85. The number of imide groups is 1. The number of amides is 6. The fourth-order valence-electron chi connectivity index (χ4n) is 4.60. The third kappa shape index (κ3) is 4.62. The number of thiophene rings is 1. The second-order valence-electron chi connectivity index (χ2n) is 9.33. The molecule has 5 rings (SSSR count). The van der Waals surface area contributed by atoms with Crippen LogP contribution in [0.4, 0.5) is 15.3 Å². The molecule has 6 amide bonds. The summed E-state index contributed by atoms with van der Waals surface area (Å²) in [5.41, 5.74) is 0.379. The predicted molar refractivity (Wildman–Crippen MR) is 138 cm³/mol. The van der Waals surface area contributed by atoms with E-state index in [1.54, 1.807) is 37.4 Å². The minimum atomic E-state index is -1.08. The average Bonchev–Trinajstić information content (AvgIpc) is 3.63. The van der Waals surface area contributed by atoms with Crippen LogP contribution in [0.2, 0.25) is 0 Å². The molecule has 0 aromatic carbocycles. The standard InChI is InChI=1S/C23H24N6O7S2/c1-23(2)17(20(32)33)29-18(31)16(19(29)38-23)26-15(30)10-14-13(5-9-37-14)25-21(34)27-6-7-28(22(27)35)24-11-12-4-3-8-36-12/h3-5,8-9,11,16-17,19H,6-7,10H2,1-2H3,(H,25,34)(H,26,30)(H,32,33)/b24-11+/t16?,17-,19+/m0/s1. The molecule has 2 aromatic rings. The predicted octanol–water partition coefficient (Wildman–Crippen LogP) is 1.82. The summed E-state index contributed by atoms with van der Waals surface area (Å²) < 4.78 is 4.45. The van der Waals surface area contributed by atoms with Crippen LogP contribution < -0.4 is 10.6 Å². The number of hydrogen-bond acceptors (Lipinski definition) is 9. The van der Waals surface area contributed by atoms with Gasteiger partial charge in [-0.25, -0.2) is 24.3 Å². The molecule has 3 N–H and O–H groups in total. The molecule has 3 aliphatic rings. The van der Waals surface area contributed by atoms with E-state index in [0.29, 0.717) is 16.3 Å². The highest BCUT2D eigenvalue weighted by atomic mass is 32.2. The Morgan fingerprint density at radius 1 is 1.26 bits per heavy atom. The van der Waals surface area contributed by atoms with E-state index in [1.807, 2.05) is 0 Å². The van der Waals surface area contributed by atoms with E-state index in [9.17, 15) is 29.1 Å². The lowest BCUT2D eigenvalue weighted by Gasteiger charge is -2.43. The number of nitrogens with one attached hydrogen (secondary N) is 2. The first-order chi connectivity index (χ1) is 18.1. The van der Waals surface area contributed by atoms with Gasteiger partial charge in [0.2, 0.25) is 11.8 Å². The summed E-state index contributed by atoms with van der Waals surface area (Å²) in [6, 6.07) is 1.97. The van der Waals surface area contributed by atoms with E-state index >= 15 is 0 Å². The number of urea groups is 2. The van der Waals surface area contributed by atoms with Gasteiger partial charge in [0.05, 0.1) is 37.7 Å². The van der Waals surface area contributed by atoms with Crippen LogP contribution in [0.15, 0.2) is 39.4 Å². The molecule has 2 aromatic heterocycles. The van der Waals surface area contributed by atoms with Crippen molar-refractivity contribution in [3.63, 3.8) is 0 Å². The SMILES string of the molecule is CC1(C)S[C@@H]2C(NC(=O)Cc3sccc3NC(=O)N3CCN(/N=C/c4ccco4)C3=O)C(=O)N2[C@H]1C(=O)O. The number of fused-ring (bicyclic) bond motifs is 1. The van der Waals surface area contributed by atoms with Gasteiger partial charge in [-0.2, -0.15) is 5.10 Å². The second-order valence-corrected chi connectivity index (χ2v) is 12.1. The number of aliphatic carboxylic acids is 1. The Labute approximate surface area is 224 Å². The van der Waals surface area contributed by atoms with Crippen LogP contribution in [0.25, 0.3) is 0 Å². The molecular formula is C23H24N6O7S2. The molecule has 0 bridgehead atoms. The summed E-state index contributed by atoms with van der Waals surface area (Å²) >= 11 is 2.59. The zero-order valence-electron chi connectivity index (χ0n) is 20.3. The number of β-lactam (4-membered cyclic amide) rings is 1. The largest absolute Gasteiger partial charge is 0.480 e. The normalized spacial score (nSPS) is 24.1. The maximum atomic E-state index is 12.8. The minimum absolute atomic E-state index is 0.103. The third-order valence-corrected chi connectivity index (χ3v) is 8.89. The lowest BCUT2D eigenvalue weighted by molar-refractivity contribution is -0.161. The first kappa shape index (κ1) is 25.8. The molecule has 3 saturated heterocycles. The van der Waals surface area contributed by atoms with Crippen LogP contribution in [0.1, 0.15) is 24.5 Å². The van der Waals surface area contributed by atoms with Gasteiger partial charge >= 0.3 is 18.0 Å². The van der Waals surface area contributed by atoms with Gasteiger partial charge in [-0.15, -0.1) is 23.1 Å². The molecule has 0 radical (unpaired) electrons. The van der Waals surface area contributed by atoms with Gasteiger partial charge in [0, 0.05) is 9.62 Å². The highest BCUT2D eigenvalue weighted by Crippen LogP contribution is 2.50. The monoisotopic (exact) mass is 560 g/mol. The summed E-state index contributed by atoms with van der Waals surface area (Å²) in [4.78, 5) is 65.3. The van der Waals surface area contributed by atoms with Crippen LogP contribution in [0.5, 0.6) is 0 Å². The number of nitrogens with zero attached hydrogens (tertiary/aromatic N) is 4. The van der Waals surface area contributed by atoms with Crippen LogP contribution >= 0.6 is 23.1 Å². The molecule has 3 aliphatic heterocycles. The molecule has 200 valence electrons. The number of carboxylic acids is 1. The zero-order chi connectivity index (χ0) is 27.2. The van der Waals surface area contributed by atoms with Crippen molar-refractivity contribution in [2.45, 2.75) is 42.5 Å². The topological polar surface area (TPSA) is 165 Å². The molecule has 3 fully saturated rings. The molecule has 1 unspecified atom stereocenters. The van der Waals surface area contributed by atoms with Crippen molar-refractivity contribution in [2.75, 3.05) is 18.4 Å². The number of carbonyl (C=O) groups is 5. The van der Waals surface area contributed by atoms with Gasteiger partial charge in [0.25, 0.3) is 0 Å². The number of rotatable bonds is 7. The molecule has 3 atom stereocenters. The van der Waals surface area contributed by atoms with E-state index in [2.05, 4.69) is 15.7 Å². The van der Waals surface area contributed by atoms with Gasteiger partial charge in [-0.3, -0.25) is 9.59 Å². The van der Waals surface area contributed by atoms with E-state index in [4.69, 9.17) is 4.42 Å². The molecule has 13 nitrogen and oxygen atoms in total. The van der Waals surface area contributed by atoms with Crippen molar-refractivity contribution in [3.05, 3.63) is 40.5 Å². The number of anilines is 1. The van der Waals surface area contributed by atoms with E-state index in [-0.39, 0.29) is 19.5 Å². The van der Waals surface area contributed by atoms with Crippen molar-refractivity contribution in [1.29, 1.82) is 0 Å². The Morgan fingerprint density at radius 3 is 2.76 bits per heavy atom. The van der Waals surface area contributed by atoms with Crippen LogP contribution in [0, 0.1) is 0 Å². The van der Waals surface area contributed by atoms with Crippen molar-refractivity contribution in [1.82, 2.24) is 20.1 Å². The number of hydrazone groups is 1. The maximum absolute atomic E-state index is 12.8. The number of carboxylic acid groups (broad SMARTS) is 1. The molecule has 5 heterocycles. The average molecular weight is 561 g/mol. The summed E-state index contributed by atoms with van der Waals surface area (Å²) in [7, 11) is 0. The Kier molecular flexibility index (Phi) is 6.65. The fraction of sp³-hybridized carbons (Fsp3) is 0.391. The smallest absolute Gasteiger partial charge is 0.348 e. The summed E-state index contributed by atoms with van der Waals surface area (Å²) in [6.45, 7) is 3.87. The second kappa shape index (κ2) is 9.79.